The largest absolute Gasteiger partial charge is 0.494 e. The van der Waals surface area contributed by atoms with Gasteiger partial charge in [-0.05, 0) is 49.7 Å². The monoisotopic (exact) mass is 297 g/mol. The lowest BCUT2D eigenvalue weighted by atomic mass is 10.0. The molecule has 0 aliphatic carbocycles. The van der Waals surface area contributed by atoms with Crippen LogP contribution < -0.4 is 4.74 Å². The summed E-state index contributed by atoms with van der Waals surface area (Å²) in [5.41, 5.74) is 2.17. The summed E-state index contributed by atoms with van der Waals surface area (Å²) in [5.74, 6) is 0.803. The van der Waals surface area contributed by atoms with Crippen molar-refractivity contribution in [2.24, 2.45) is 0 Å². The third-order valence-corrected chi connectivity index (χ3v) is 3.56. The summed E-state index contributed by atoms with van der Waals surface area (Å²) in [6.07, 6.45) is 6.37. The fourth-order valence-electron chi connectivity index (χ4n) is 2.19. The Kier molecular flexibility index (Phi) is 6.13. The predicted molar refractivity (Wildman–Crippen MR) is 88.5 cm³/mol. The highest BCUT2D eigenvalue weighted by atomic mass is 16.5. The van der Waals surface area contributed by atoms with E-state index in [0.717, 1.165) is 24.5 Å². The number of ketones is 1. The van der Waals surface area contributed by atoms with Crippen molar-refractivity contribution >= 4 is 5.78 Å². The van der Waals surface area contributed by atoms with Crippen LogP contribution in [-0.4, -0.2) is 17.4 Å². The van der Waals surface area contributed by atoms with Crippen molar-refractivity contribution in [3.05, 3.63) is 59.4 Å². The molecule has 0 amide bonds. The van der Waals surface area contributed by atoms with E-state index in [1.54, 1.807) is 6.20 Å². The van der Waals surface area contributed by atoms with Crippen molar-refractivity contribution in [2.45, 2.75) is 39.5 Å². The second kappa shape index (κ2) is 8.32. The first-order valence-electron chi connectivity index (χ1n) is 7.91. The molecule has 116 valence electrons. The molecular weight excluding hydrogens is 274 g/mol. The predicted octanol–water partition coefficient (Wildman–Crippen LogP) is 4.58. The molecular formula is C19H23NO2. The van der Waals surface area contributed by atoms with E-state index < -0.39 is 0 Å². The van der Waals surface area contributed by atoms with Crippen LogP contribution >= 0.6 is 0 Å². The van der Waals surface area contributed by atoms with Gasteiger partial charge in [-0.1, -0.05) is 26.2 Å². The van der Waals surface area contributed by atoms with Crippen molar-refractivity contribution in [3.63, 3.8) is 0 Å². The number of pyridine rings is 1. The zero-order valence-electron chi connectivity index (χ0n) is 13.3. The number of nitrogens with zero attached hydrogens (tertiary/aromatic N) is 1. The highest BCUT2D eigenvalue weighted by Gasteiger charge is 2.09. The Morgan fingerprint density at radius 2 is 1.73 bits per heavy atom. The molecule has 3 heteroatoms. The molecule has 0 saturated heterocycles. The van der Waals surface area contributed by atoms with Crippen molar-refractivity contribution < 1.29 is 9.53 Å². The number of carbonyl (C=O) groups excluding carboxylic acids is 1. The topological polar surface area (TPSA) is 39.2 Å². The van der Waals surface area contributed by atoms with Crippen LogP contribution in [0, 0.1) is 6.92 Å². The summed E-state index contributed by atoms with van der Waals surface area (Å²) >= 11 is 0. The summed E-state index contributed by atoms with van der Waals surface area (Å²) in [7, 11) is 0. The molecule has 0 N–H and O–H groups in total. The van der Waals surface area contributed by atoms with Gasteiger partial charge in [0.1, 0.15) is 5.75 Å². The van der Waals surface area contributed by atoms with Gasteiger partial charge in [0.15, 0.2) is 5.78 Å². The Hall–Kier alpha value is -2.16. The van der Waals surface area contributed by atoms with Gasteiger partial charge in [-0.25, -0.2) is 0 Å². The first-order valence-corrected chi connectivity index (χ1v) is 7.91. The number of aryl methyl sites for hydroxylation is 1. The molecule has 0 saturated carbocycles. The van der Waals surface area contributed by atoms with E-state index >= 15 is 0 Å². The third kappa shape index (κ3) is 4.69. The SMILES string of the molecule is CCCCCCOc1ccc(C(=O)c2ccc(C)nc2)cc1. The Morgan fingerprint density at radius 1 is 1.00 bits per heavy atom. The maximum atomic E-state index is 12.3. The summed E-state index contributed by atoms with van der Waals surface area (Å²) in [4.78, 5) is 16.5. The van der Waals surface area contributed by atoms with Crippen LogP contribution in [0.5, 0.6) is 5.75 Å². The lowest BCUT2D eigenvalue weighted by molar-refractivity contribution is 0.103. The van der Waals surface area contributed by atoms with E-state index in [1.807, 2.05) is 43.3 Å². The molecule has 3 nitrogen and oxygen atoms in total. The maximum absolute atomic E-state index is 12.3. The van der Waals surface area contributed by atoms with Crippen LogP contribution in [0.3, 0.4) is 0 Å². The number of carbonyl (C=O) groups is 1. The zero-order valence-corrected chi connectivity index (χ0v) is 13.3. The highest BCUT2D eigenvalue weighted by molar-refractivity contribution is 6.08. The van der Waals surface area contributed by atoms with E-state index in [2.05, 4.69) is 11.9 Å². The van der Waals surface area contributed by atoms with Gasteiger partial charge >= 0.3 is 0 Å². The first-order chi connectivity index (χ1) is 10.7. The van der Waals surface area contributed by atoms with Gasteiger partial charge in [0.25, 0.3) is 0 Å². The average molecular weight is 297 g/mol. The number of unbranched alkanes of at least 4 members (excludes halogenated alkanes) is 3. The van der Waals surface area contributed by atoms with Crippen LogP contribution in [0.2, 0.25) is 0 Å². The molecule has 0 atom stereocenters. The molecule has 0 spiro atoms. The molecule has 2 aromatic rings. The van der Waals surface area contributed by atoms with Gasteiger partial charge in [0, 0.05) is 23.0 Å². The van der Waals surface area contributed by atoms with Crippen molar-refractivity contribution in [1.82, 2.24) is 4.98 Å². The molecule has 22 heavy (non-hydrogen) atoms. The number of rotatable bonds is 8. The van der Waals surface area contributed by atoms with E-state index in [1.165, 1.54) is 19.3 Å². The van der Waals surface area contributed by atoms with Gasteiger partial charge in [0.05, 0.1) is 6.61 Å². The lowest BCUT2D eigenvalue weighted by Gasteiger charge is -2.07. The van der Waals surface area contributed by atoms with Crippen molar-refractivity contribution in [3.8, 4) is 5.75 Å². The Morgan fingerprint density at radius 3 is 2.36 bits per heavy atom. The fourth-order valence-corrected chi connectivity index (χ4v) is 2.19. The van der Waals surface area contributed by atoms with E-state index in [0.29, 0.717) is 11.1 Å². The molecule has 1 aromatic heterocycles. The Balaban J connectivity index is 1.91. The molecule has 0 radical (unpaired) electrons. The summed E-state index contributed by atoms with van der Waals surface area (Å²) in [5, 5.41) is 0. The van der Waals surface area contributed by atoms with Crippen molar-refractivity contribution in [1.29, 1.82) is 0 Å². The summed E-state index contributed by atoms with van der Waals surface area (Å²) in [6.45, 7) is 4.83. The molecule has 0 aliphatic rings. The Bertz CT molecular complexity index is 588. The first kappa shape index (κ1) is 16.2. The highest BCUT2D eigenvalue weighted by Crippen LogP contribution is 2.16. The number of hydrogen-bond donors (Lipinski definition) is 0. The third-order valence-electron chi connectivity index (χ3n) is 3.56. The maximum Gasteiger partial charge on any atom is 0.194 e. The Labute approximate surface area is 132 Å². The lowest BCUT2D eigenvalue weighted by Crippen LogP contribution is -2.03. The molecule has 0 aliphatic heterocycles. The molecule has 2 rings (SSSR count). The van der Waals surface area contributed by atoms with Gasteiger partial charge in [0.2, 0.25) is 0 Å². The standard InChI is InChI=1S/C19H23NO2/c1-3-4-5-6-13-22-18-11-9-16(10-12-18)19(21)17-8-7-15(2)20-14-17/h7-12,14H,3-6,13H2,1-2H3. The minimum absolute atomic E-state index is 0.0120. The fraction of sp³-hybridized carbons (Fsp3) is 0.368. The minimum Gasteiger partial charge on any atom is -0.494 e. The minimum atomic E-state index is -0.0120. The summed E-state index contributed by atoms with van der Waals surface area (Å²) < 4.78 is 5.69. The zero-order chi connectivity index (χ0) is 15.8. The molecule has 0 unspecified atom stereocenters. The summed E-state index contributed by atoms with van der Waals surface area (Å²) in [6, 6.07) is 11.0. The molecule has 1 heterocycles. The van der Waals surface area contributed by atoms with Crippen LogP contribution in [0.4, 0.5) is 0 Å². The van der Waals surface area contributed by atoms with Crippen LogP contribution in [0.25, 0.3) is 0 Å². The van der Waals surface area contributed by atoms with Gasteiger partial charge in [-0.2, -0.15) is 0 Å². The molecule has 1 aromatic carbocycles. The molecule has 0 bridgehead atoms. The van der Waals surface area contributed by atoms with Crippen LogP contribution in [-0.2, 0) is 0 Å². The van der Waals surface area contributed by atoms with E-state index in [9.17, 15) is 4.79 Å². The van der Waals surface area contributed by atoms with Gasteiger partial charge < -0.3 is 4.74 Å². The second-order valence-corrected chi connectivity index (χ2v) is 5.45. The van der Waals surface area contributed by atoms with Crippen molar-refractivity contribution in [2.75, 3.05) is 6.61 Å². The van der Waals surface area contributed by atoms with Crippen LogP contribution in [0.15, 0.2) is 42.6 Å². The number of aromatic nitrogens is 1. The quantitative estimate of drug-likeness (QED) is 0.529. The number of hydrogen-bond acceptors (Lipinski definition) is 3. The van der Waals surface area contributed by atoms with Gasteiger partial charge in [-0.15, -0.1) is 0 Å². The molecule has 0 fully saturated rings. The normalized spacial score (nSPS) is 10.5. The van der Waals surface area contributed by atoms with Crippen LogP contribution in [0.1, 0.15) is 54.2 Å². The average Bonchev–Trinajstić information content (AvgIpc) is 2.55. The van der Waals surface area contributed by atoms with E-state index in [4.69, 9.17) is 4.74 Å². The van der Waals surface area contributed by atoms with E-state index in [-0.39, 0.29) is 5.78 Å². The number of benzene rings is 1. The van der Waals surface area contributed by atoms with Gasteiger partial charge in [-0.3, -0.25) is 9.78 Å². The smallest absolute Gasteiger partial charge is 0.194 e. The number of ether oxygens (including phenoxy) is 1. The second-order valence-electron chi connectivity index (χ2n) is 5.45.